The van der Waals surface area contributed by atoms with Crippen LogP contribution in [-0.2, 0) is 6.61 Å². The van der Waals surface area contributed by atoms with Gasteiger partial charge in [-0.15, -0.1) is 0 Å². The van der Waals surface area contributed by atoms with Crippen molar-refractivity contribution in [1.82, 2.24) is 15.5 Å². The number of ether oxygens (including phenoxy) is 1. The number of fused-ring (bicyclic) bond motifs is 1. The number of rotatable bonds is 6. The average Bonchev–Trinajstić information content (AvgIpc) is 3.47. The minimum absolute atomic E-state index is 0.0496. The van der Waals surface area contributed by atoms with Crippen molar-refractivity contribution in [3.63, 3.8) is 0 Å². The zero-order valence-electron chi connectivity index (χ0n) is 18.0. The lowest BCUT2D eigenvalue weighted by molar-refractivity contribution is 0.101. The molecule has 9 nitrogen and oxygen atoms in total. The normalized spacial score (nSPS) is 13.9. The van der Waals surface area contributed by atoms with E-state index in [2.05, 4.69) is 25.7 Å². The predicted octanol–water partition coefficient (Wildman–Crippen LogP) is 4.48. The average molecular weight is 451 g/mol. The van der Waals surface area contributed by atoms with E-state index in [4.69, 9.17) is 13.9 Å². The lowest BCUT2D eigenvalue weighted by atomic mass is 10.1. The fraction of sp³-hybridized carbons (Fsp3) is 0.304. The van der Waals surface area contributed by atoms with Gasteiger partial charge in [-0.1, -0.05) is 17.3 Å². The van der Waals surface area contributed by atoms with Gasteiger partial charge in [0.25, 0.3) is 5.91 Å². The molecule has 1 fully saturated rings. The van der Waals surface area contributed by atoms with Crippen LogP contribution in [0.1, 0.15) is 41.1 Å². The van der Waals surface area contributed by atoms with Crippen LogP contribution in [0.5, 0.6) is 5.75 Å². The molecule has 10 heteroatoms. The molecule has 0 radical (unpaired) electrons. The Balaban J connectivity index is 1.37. The molecule has 0 aliphatic carbocycles. The first kappa shape index (κ1) is 20.9. The van der Waals surface area contributed by atoms with Crippen molar-refractivity contribution in [3.8, 4) is 5.75 Å². The van der Waals surface area contributed by atoms with Crippen molar-refractivity contribution >= 4 is 28.3 Å². The highest BCUT2D eigenvalue weighted by Gasteiger charge is 2.24. The first-order chi connectivity index (χ1) is 16.1. The van der Waals surface area contributed by atoms with Crippen molar-refractivity contribution in [3.05, 3.63) is 59.2 Å². The Morgan fingerprint density at radius 1 is 1.09 bits per heavy atom. The van der Waals surface area contributed by atoms with Gasteiger partial charge >= 0.3 is 0 Å². The van der Waals surface area contributed by atoms with Crippen molar-refractivity contribution in [2.75, 3.05) is 23.3 Å². The maximum Gasteiger partial charge on any atom is 0.278 e. The third kappa shape index (κ3) is 4.11. The number of nitrogens with one attached hydrogen (secondary N) is 1. The lowest BCUT2D eigenvalue weighted by Gasteiger charge is -2.28. The number of aryl methyl sites for hydroxylation is 1. The van der Waals surface area contributed by atoms with Gasteiger partial charge in [0.15, 0.2) is 28.3 Å². The molecule has 0 atom stereocenters. The molecule has 2 aromatic heterocycles. The third-order valence-electron chi connectivity index (χ3n) is 5.75. The molecule has 5 rings (SSSR count). The Hall–Kier alpha value is -3.95. The number of carbonyl (C=O) groups is 1. The topological polar surface area (TPSA) is 107 Å². The molecule has 0 bridgehead atoms. The standard InChI is InChI=1S/C23H22FN5O4/c1-14-15(13-31-19-8-4-3-7-16(19)24)20(26-32-14)23(30)25-17-9-10-18(22-21(17)27-33-28-22)29-11-5-2-6-12-29/h3-4,7-10H,2,5-6,11-13H2,1H3,(H,25,30). The molecular weight excluding hydrogens is 429 g/mol. The number of aromatic nitrogens is 3. The molecule has 0 unspecified atom stereocenters. The molecule has 1 amide bonds. The molecule has 3 heterocycles. The van der Waals surface area contributed by atoms with Gasteiger partial charge in [-0.2, -0.15) is 0 Å². The molecular formula is C23H22FN5O4. The second-order valence-corrected chi connectivity index (χ2v) is 7.88. The van der Waals surface area contributed by atoms with E-state index in [0.717, 1.165) is 31.6 Å². The number of hydrogen-bond acceptors (Lipinski definition) is 8. The van der Waals surface area contributed by atoms with E-state index >= 15 is 0 Å². The molecule has 1 N–H and O–H groups in total. The molecule has 0 saturated carbocycles. The number of hydrogen-bond donors (Lipinski definition) is 1. The molecule has 1 aliphatic heterocycles. The Morgan fingerprint density at radius 2 is 1.88 bits per heavy atom. The first-order valence-corrected chi connectivity index (χ1v) is 10.8. The maximum atomic E-state index is 13.9. The van der Waals surface area contributed by atoms with Gasteiger partial charge in [0.1, 0.15) is 12.4 Å². The predicted molar refractivity (Wildman–Crippen MR) is 118 cm³/mol. The van der Waals surface area contributed by atoms with Gasteiger partial charge in [0, 0.05) is 13.1 Å². The quantitative estimate of drug-likeness (QED) is 0.457. The van der Waals surface area contributed by atoms with Crippen LogP contribution >= 0.6 is 0 Å². The van der Waals surface area contributed by atoms with E-state index in [-0.39, 0.29) is 18.1 Å². The number of amides is 1. The van der Waals surface area contributed by atoms with Crippen molar-refractivity contribution in [2.45, 2.75) is 32.8 Å². The molecule has 170 valence electrons. The highest BCUT2D eigenvalue weighted by molar-refractivity contribution is 6.09. The summed E-state index contributed by atoms with van der Waals surface area (Å²) < 4.78 is 29.6. The second kappa shape index (κ2) is 8.89. The van der Waals surface area contributed by atoms with Gasteiger partial charge in [-0.05, 0) is 60.8 Å². The summed E-state index contributed by atoms with van der Waals surface area (Å²) in [5.74, 6) is -0.514. The van der Waals surface area contributed by atoms with Crippen LogP contribution in [-0.4, -0.2) is 34.5 Å². The van der Waals surface area contributed by atoms with E-state index in [1.54, 1.807) is 25.1 Å². The highest BCUT2D eigenvalue weighted by atomic mass is 19.1. The zero-order chi connectivity index (χ0) is 22.8. The number of nitrogens with zero attached hydrogens (tertiary/aromatic N) is 4. The summed E-state index contributed by atoms with van der Waals surface area (Å²) in [6.07, 6.45) is 3.45. The summed E-state index contributed by atoms with van der Waals surface area (Å²) in [6.45, 7) is 3.47. The summed E-state index contributed by atoms with van der Waals surface area (Å²) in [5, 5.41) is 14.7. The zero-order valence-corrected chi connectivity index (χ0v) is 18.0. The summed E-state index contributed by atoms with van der Waals surface area (Å²) in [5.41, 5.74) is 2.90. The summed E-state index contributed by atoms with van der Waals surface area (Å²) >= 11 is 0. The molecule has 1 aliphatic rings. The number of piperidine rings is 1. The molecule has 4 aromatic rings. The Bertz CT molecular complexity index is 1300. The largest absolute Gasteiger partial charge is 0.486 e. The molecule has 2 aromatic carbocycles. The van der Waals surface area contributed by atoms with Crippen LogP contribution < -0.4 is 15.0 Å². The summed E-state index contributed by atoms with van der Waals surface area (Å²) in [4.78, 5) is 15.3. The minimum atomic E-state index is -0.506. The van der Waals surface area contributed by atoms with Crippen molar-refractivity contribution < 1.29 is 23.1 Å². The van der Waals surface area contributed by atoms with Crippen LogP contribution in [0, 0.1) is 12.7 Å². The van der Waals surface area contributed by atoms with E-state index < -0.39 is 11.7 Å². The van der Waals surface area contributed by atoms with Crippen LogP contribution in [0.2, 0.25) is 0 Å². The van der Waals surface area contributed by atoms with E-state index in [1.165, 1.54) is 18.6 Å². The van der Waals surface area contributed by atoms with Gasteiger partial charge < -0.3 is 19.5 Å². The molecule has 33 heavy (non-hydrogen) atoms. The van der Waals surface area contributed by atoms with Gasteiger partial charge in [0.05, 0.1) is 16.9 Å². The number of anilines is 2. The summed E-state index contributed by atoms with van der Waals surface area (Å²) in [6, 6.07) is 9.73. The fourth-order valence-electron chi connectivity index (χ4n) is 3.98. The maximum absolute atomic E-state index is 13.9. The lowest BCUT2D eigenvalue weighted by Crippen LogP contribution is -2.29. The van der Waals surface area contributed by atoms with Crippen LogP contribution in [0.25, 0.3) is 11.0 Å². The van der Waals surface area contributed by atoms with Crippen LogP contribution in [0.3, 0.4) is 0 Å². The Labute approximate surface area is 188 Å². The monoisotopic (exact) mass is 451 g/mol. The van der Waals surface area contributed by atoms with Crippen molar-refractivity contribution in [2.24, 2.45) is 0 Å². The fourth-order valence-corrected chi connectivity index (χ4v) is 3.98. The SMILES string of the molecule is Cc1onc(C(=O)Nc2ccc(N3CCCCC3)c3nonc23)c1COc1ccccc1F. The van der Waals surface area contributed by atoms with Gasteiger partial charge in [0.2, 0.25) is 0 Å². The van der Waals surface area contributed by atoms with Gasteiger partial charge in [-0.3, -0.25) is 4.79 Å². The first-order valence-electron chi connectivity index (χ1n) is 10.8. The molecule has 0 spiro atoms. The second-order valence-electron chi connectivity index (χ2n) is 7.88. The third-order valence-corrected chi connectivity index (χ3v) is 5.75. The highest BCUT2D eigenvalue weighted by Crippen LogP contribution is 2.32. The minimum Gasteiger partial charge on any atom is -0.486 e. The van der Waals surface area contributed by atoms with E-state index in [9.17, 15) is 9.18 Å². The Morgan fingerprint density at radius 3 is 2.70 bits per heavy atom. The number of benzene rings is 2. The summed E-state index contributed by atoms with van der Waals surface area (Å²) in [7, 11) is 0. The Kier molecular flexibility index (Phi) is 5.64. The van der Waals surface area contributed by atoms with Crippen LogP contribution in [0.15, 0.2) is 45.6 Å². The van der Waals surface area contributed by atoms with Crippen LogP contribution in [0.4, 0.5) is 15.8 Å². The van der Waals surface area contributed by atoms with E-state index in [1.807, 2.05) is 6.07 Å². The number of para-hydroxylation sites is 1. The number of halogens is 1. The van der Waals surface area contributed by atoms with E-state index in [0.29, 0.717) is 28.0 Å². The van der Waals surface area contributed by atoms with Crippen molar-refractivity contribution in [1.29, 1.82) is 0 Å². The van der Waals surface area contributed by atoms with Gasteiger partial charge in [-0.25, -0.2) is 9.02 Å². The smallest absolute Gasteiger partial charge is 0.278 e. The number of carbonyl (C=O) groups excluding carboxylic acids is 1. The molecule has 1 saturated heterocycles.